The van der Waals surface area contributed by atoms with E-state index < -0.39 is 4.92 Å². The molecule has 1 N–H and O–H groups in total. The van der Waals surface area contributed by atoms with Crippen molar-refractivity contribution in [1.82, 2.24) is 5.43 Å². The largest absolute Gasteiger partial charge is 0.496 e. The molecule has 0 radical (unpaired) electrons. The molecule has 7 nitrogen and oxygen atoms in total. The standard InChI is InChI=1S/C17H16BrN3O4S/c1-25-16-6-5-15(21(23)24)8-13(16)9-19-20-17(22)11-26-10-12-3-2-4-14(18)7-12/h2-9H,10-11H2,1H3,(H,20,22)/b19-9+. The summed E-state index contributed by atoms with van der Waals surface area (Å²) in [4.78, 5) is 22.2. The molecule has 0 saturated heterocycles. The average Bonchev–Trinajstić information content (AvgIpc) is 2.61. The Morgan fingerprint density at radius 2 is 2.19 bits per heavy atom. The normalized spacial score (nSPS) is 10.7. The lowest BCUT2D eigenvalue weighted by molar-refractivity contribution is -0.384. The van der Waals surface area contributed by atoms with Gasteiger partial charge in [-0.05, 0) is 23.8 Å². The number of halogens is 1. The number of hydrazone groups is 1. The van der Waals surface area contributed by atoms with Crippen LogP contribution in [0.2, 0.25) is 0 Å². The zero-order chi connectivity index (χ0) is 18.9. The van der Waals surface area contributed by atoms with Crippen LogP contribution >= 0.6 is 27.7 Å². The second-order valence-electron chi connectivity index (χ2n) is 5.10. The first-order valence-corrected chi connectivity index (χ1v) is 9.41. The van der Waals surface area contributed by atoms with Crippen LogP contribution in [0.1, 0.15) is 11.1 Å². The summed E-state index contributed by atoms with van der Waals surface area (Å²) < 4.78 is 6.12. The number of nitro benzene ring substituents is 1. The van der Waals surface area contributed by atoms with Crippen molar-refractivity contribution < 1.29 is 14.5 Å². The fourth-order valence-electron chi connectivity index (χ4n) is 2.03. The van der Waals surface area contributed by atoms with E-state index in [-0.39, 0.29) is 17.3 Å². The third-order valence-electron chi connectivity index (χ3n) is 3.21. The molecule has 0 aliphatic carbocycles. The van der Waals surface area contributed by atoms with Crippen molar-refractivity contribution in [3.05, 3.63) is 68.2 Å². The Kier molecular flexibility index (Phi) is 7.61. The quantitative estimate of drug-likeness (QED) is 0.385. The maximum atomic E-state index is 11.8. The van der Waals surface area contributed by atoms with Crippen LogP contribution in [0.5, 0.6) is 5.75 Å². The Labute approximate surface area is 163 Å². The lowest BCUT2D eigenvalue weighted by atomic mass is 10.2. The highest BCUT2D eigenvalue weighted by atomic mass is 79.9. The van der Waals surface area contributed by atoms with Gasteiger partial charge in [0.15, 0.2) is 0 Å². The Bertz CT molecular complexity index is 829. The maximum Gasteiger partial charge on any atom is 0.270 e. The molecular formula is C17H16BrN3O4S. The summed E-state index contributed by atoms with van der Waals surface area (Å²) in [5.41, 5.74) is 3.84. The highest BCUT2D eigenvalue weighted by Crippen LogP contribution is 2.22. The van der Waals surface area contributed by atoms with E-state index in [1.54, 1.807) is 0 Å². The third kappa shape index (κ3) is 6.16. The zero-order valence-electron chi connectivity index (χ0n) is 13.8. The number of amides is 1. The van der Waals surface area contributed by atoms with E-state index in [9.17, 15) is 14.9 Å². The van der Waals surface area contributed by atoms with Crippen LogP contribution in [0, 0.1) is 10.1 Å². The van der Waals surface area contributed by atoms with Gasteiger partial charge < -0.3 is 4.74 Å². The lowest BCUT2D eigenvalue weighted by Crippen LogP contribution is -2.19. The number of carbonyl (C=O) groups is 1. The van der Waals surface area contributed by atoms with Crippen molar-refractivity contribution in [1.29, 1.82) is 0 Å². The number of methoxy groups -OCH3 is 1. The lowest BCUT2D eigenvalue weighted by Gasteiger charge is -2.04. The molecule has 0 heterocycles. The Morgan fingerprint density at radius 1 is 1.38 bits per heavy atom. The summed E-state index contributed by atoms with van der Waals surface area (Å²) in [7, 11) is 1.45. The fourth-order valence-corrected chi connectivity index (χ4v) is 3.24. The number of carbonyl (C=O) groups excluding carboxylic acids is 1. The molecular weight excluding hydrogens is 422 g/mol. The first-order chi connectivity index (χ1) is 12.5. The van der Waals surface area contributed by atoms with E-state index in [1.165, 1.54) is 43.3 Å². The predicted molar refractivity (Wildman–Crippen MR) is 106 cm³/mol. The highest BCUT2D eigenvalue weighted by Gasteiger charge is 2.10. The molecule has 26 heavy (non-hydrogen) atoms. The summed E-state index contributed by atoms with van der Waals surface area (Å²) >= 11 is 4.87. The molecule has 9 heteroatoms. The molecule has 0 aliphatic heterocycles. The molecule has 0 fully saturated rings. The summed E-state index contributed by atoms with van der Waals surface area (Å²) in [6, 6.07) is 12.0. The van der Waals surface area contributed by atoms with Crippen molar-refractivity contribution in [2.45, 2.75) is 5.75 Å². The number of nitrogens with zero attached hydrogens (tertiary/aromatic N) is 2. The van der Waals surface area contributed by atoms with Gasteiger partial charge in [0, 0.05) is 27.9 Å². The van der Waals surface area contributed by atoms with Crippen LogP contribution in [0.3, 0.4) is 0 Å². The van der Waals surface area contributed by atoms with Crippen molar-refractivity contribution in [2.24, 2.45) is 5.10 Å². The number of ether oxygens (including phenoxy) is 1. The van der Waals surface area contributed by atoms with Gasteiger partial charge in [-0.25, -0.2) is 5.43 Å². The predicted octanol–water partition coefficient (Wildman–Crippen LogP) is 3.75. The summed E-state index contributed by atoms with van der Waals surface area (Å²) in [6.45, 7) is 0. The number of hydrogen-bond donors (Lipinski definition) is 1. The van der Waals surface area contributed by atoms with E-state index in [0.29, 0.717) is 17.1 Å². The first-order valence-electron chi connectivity index (χ1n) is 7.46. The number of hydrogen-bond acceptors (Lipinski definition) is 6. The topological polar surface area (TPSA) is 93.8 Å². The van der Waals surface area contributed by atoms with Gasteiger partial charge in [0.1, 0.15) is 5.75 Å². The Hall–Kier alpha value is -2.39. The molecule has 0 saturated carbocycles. The number of nitro groups is 1. The second-order valence-corrected chi connectivity index (χ2v) is 7.00. The van der Waals surface area contributed by atoms with Crippen LogP contribution < -0.4 is 10.2 Å². The Balaban J connectivity index is 1.86. The van der Waals surface area contributed by atoms with Gasteiger partial charge in [-0.3, -0.25) is 14.9 Å². The minimum Gasteiger partial charge on any atom is -0.496 e. The fraction of sp³-hybridized carbons (Fsp3) is 0.176. The van der Waals surface area contributed by atoms with Gasteiger partial charge in [-0.2, -0.15) is 5.10 Å². The van der Waals surface area contributed by atoms with Gasteiger partial charge >= 0.3 is 0 Å². The van der Waals surface area contributed by atoms with E-state index in [0.717, 1.165) is 10.0 Å². The van der Waals surface area contributed by atoms with Crippen LogP contribution in [0.25, 0.3) is 0 Å². The van der Waals surface area contributed by atoms with Crippen LogP contribution in [-0.2, 0) is 10.5 Å². The van der Waals surface area contributed by atoms with Gasteiger partial charge in [0.25, 0.3) is 5.69 Å². The highest BCUT2D eigenvalue weighted by molar-refractivity contribution is 9.10. The van der Waals surface area contributed by atoms with E-state index in [1.807, 2.05) is 24.3 Å². The number of thioether (sulfide) groups is 1. The number of nitrogens with one attached hydrogen (secondary N) is 1. The molecule has 1 amide bonds. The van der Waals surface area contributed by atoms with Gasteiger partial charge in [-0.1, -0.05) is 28.1 Å². The van der Waals surface area contributed by atoms with E-state index >= 15 is 0 Å². The molecule has 0 bridgehead atoms. The molecule has 0 aliphatic rings. The number of non-ortho nitro benzene ring substituents is 1. The number of rotatable bonds is 8. The molecule has 2 aromatic carbocycles. The second kappa shape index (κ2) is 9.93. The summed E-state index contributed by atoms with van der Waals surface area (Å²) in [6.07, 6.45) is 1.32. The Morgan fingerprint density at radius 3 is 2.88 bits per heavy atom. The minimum atomic E-state index is -0.506. The molecule has 136 valence electrons. The van der Waals surface area contributed by atoms with Gasteiger partial charge in [0.05, 0.1) is 24.0 Å². The van der Waals surface area contributed by atoms with Crippen molar-refractivity contribution >= 4 is 45.5 Å². The molecule has 2 rings (SSSR count). The SMILES string of the molecule is COc1ccc([N+](=O)[O-])cc1/C=N/NC(=O)CSCc1cccc(Br)c1. The minimum absolute atomic E-state index is 0.0804. The monoisotopic (exact) mass is 437 g/mol. The summed E-state index contributed by atoms with van der Waals surface area (Å²) in [5, 5.41) is 14.7. The van der Waals surface area contributed by atoms with Crippen molar-refractivity contribution in [3.8, 4) is 5.75 Å². The molecule has 0 spiro atoms. The van der Waals surface area contributed by atoms with Gasteiger partial charge in [-0.15, -0.1) is 11.8 Å². The molecule has 2 aromatic rings. The summed E-state index contributed by atoms with van der Waals surface area (Å²) in [5.74, 6) is 1.12. The molecule has 0 unspecified atom stereocenters. The molecule has 0 aromatic heterocycles. The first kappa shape index (κ1) is 19.9. The van der Waals surface area contributed by atoms with Crippen molar-refractivity contribution in [2.75, 3.05) is 12.9 Å². The third-order valence-corrected chi connectivity index (χ3v) is 4.70. The molecule has 0 atom stereocenters. The zero-order valence-corrected chi connectivity index (χ0v) is 16.2. The van der Waals surface area contributed by atoms with Crippen molar-refractivity contribution in [3.63, 3.8) is 0 Å². The maximum absolute atomic E-state index is 11.8. The van der Waals surface area contributed by atoms with E-state index in [2.05, 4.69) is 26.5 Å². The van der Waals surface area contributed by atoms with Gasteiger partial charge in [0.2, 0.25) is 5.91 Å². The van der Waals surface area contributed by atoms with Crippen LogP contribution in [-0.4, -0.2) is 29.9 Å². The number of benzene rings is 2. The van der Waals surface area contributed by atoms with E-state index in [4.69, 9.17) is 4.74 Å². The smallest absolute Gasteiger partial charge is 0.270 e. The van der Waals surface area contributed by atoms with Crippen LogP contribution in [0.4, 0.5) is 5.69 Å². The van der Waals surface area contributed by atoms with Crippen LogP contribution in [0.15, 0.2) is 52.0 Å². The average molecular weight is 438 g/mol.